The van der Waals surface area contributed by atoms with Gasteiger partial charge in [-0.25, -0.2) is 0 Å². The SMILES string of the molecule is CCOC(=O)C1(c2ccccc2)C(=O)Nc2c(Br)cccc21. The van der Waals surface area contributed by atoms with Crippen molar-refractivity contribution < 1.29 is 14.3 Å². The molecule has 3 rings (SSSR count). The molecular weight excluding hydrogens is 346 g/mol. The summed E-state index contributed by atoms with van der Waals surface area (Å²) < 4.78 is 5.97. The highest BCUT2D eigenvalue weighted by Crippen LogP contribution is 2.46. The summed E-state index contributed by atoms with van der Waals surface area (Å²) >= 11 is 3.42. The summed E-state index contributed by atoms with van der Waals surface area (Å²) in [4.78, 5) is 25.5. The highest BCUT2D eigenvalue weighted by molar-refractivity contribution is 9.10. The lowest BCUT2D eigenvalue weighted by Crippen LogP contribution is -2.44. The predicted molar refractivity (Wildman–Crippen MR) is 86.6 cm³/mol. The number of carbonyl (C=O) groups is 2. The molecule has 0 aromatic heterocycles. The van der Waals surface area contributed by atoms with Crippen LogP contribution in [0.4, 0.5) is 5.69 Å². The molecule has 1 heterocycles. The van der Waals surface area contributed by atoms with Crippen LogP contribution >= 0.6 is 15.9 Å². The molecule has 1 unspecified atom stereocenters. The van der Waals surface area contributed by atoms with Crippen molar-refractivity contribution in [3.63, 3.8) is 0 Å². The van der Waals surface area contributed by atoms with Gasteiger partial charge in [0.2, 0.25) is 0 Å². The van der Waals surface area contributed by atoms with Crippen LogP contribution < -0.4 is 5.32 Å². The van der Waals surface area contributed by atoms with Crippen LogP contribution in [0, 0.1) is 0 Å². The first-order valence-corrected chi connectivity index (χ1v) is 7.74. The molecule has 0 bridgehead atoms. The van der Waals surface area contributed by atoms with Gasteiger partial charge in [-0.15, -0.1) is 0 Å². The third-order valence-corrected chi connectivity index (χ3v) is 4.45. The van der Waals surface area contributed by atoms with Gasteiger partial charge in [-0.05, 0) is 34.5 Å². The standard InChI is InChI=1S/C17H14BrNO3/c1-2-22-16(21)17(11-7-4-3-5-8-11)12-9-6-10-13(18)14(12)19-15(17)20/h3-10H,2H2,1H3,(H,19,20). The zero-order chi connectivity index (χ0) is 15.7. The van der Waals surface area contributed by atoms with Crippen molar-refractivity contribution in [2.45, 2.75) is 12.3 Å². The topological polar surface area (TPSA) is 55.4 Å². The smallest absolute Gasteiger partial charge is 0.330 e. The van der Waals surface area contributed by atoms with Crippen LogP contribution in [0.15, 0.2) is 53.0 Å². The Kier molecular flexibility index (Phi) is 3.74. The maximum Gasteiger partial charge on any atom is 0.330 e. The van der Waals surface area contributed by atoms with E-state index in [0.717, 1.165) is 4.47 Å². The first-order valence-electron chi connectivity index (χ1n) is 6.95. The third-order valence-electron chi connectivity index (χ3n) is 3.79. The lowest BCUT2D eigenvalue weighted by Gasteiger charge is -2.25. The van der Waals surface area contributed by atoms with Crippen molar-refractivity contribution in [3.05, 3.63) is 64.1 Å². The molecule has 1 aliphatic heterocycles. The second-order valence-corrected chi connectivity index (χ2v) is 5.81. The summed E-state index contributed by atoms with van der Waals surface area (Å²) in [6, 6.07) is 14.4. The highest BCUT2D eigenvalue weighted by atomic mass is 79.9. The summed E-state index contributed by atoms with van der Waals surface area (Å²) in [6.45, 7) is 1.94. The number of fused-ring (bicyclic) bond motifs is 1. The molecule has 1 amide bonds. The van der Waals surface area contributed by atoms with Crippen LogP contribution in [0.25, 0.3) is 0 Å². The lowest BCUT2D eigenvalue weighted by atomic mass is 9.75. The Morgan fingerprint density at radius 1 is 1.18 bits per heavy atom. The van der Waals surface area contributed by atoms with Crippen LogP contribution in [0.1, 0.15) is 18.1 Å². The maximum atomic E-state index is 12.8. The van der Waals surface area contributed by atoms with Crippen molar-refractivity contribution in [3.8, 4) is 0 Å². The summed E-state index contributed by atoms with van der Waals surface area (Å²) in [7, 11) is 0. The summed E-state index contributed by atoms with van der Waals surface area (Å²) in [6.07, 6.45) is 0. The number of para-hydroxylation sites is 1. The number of hydrogen-bond donors (Lipinski definition) is 1. The summed E-state index contributed by atoms with van der Waals surface area (Å²) in [5.74, 6) is -0.949. The zero-order valence-electron chi connectivity index (χ0n) is 11.9. The van der Waals surface area contributed by atoms with Gasteiger partial charge in [0.25, 0.3) is 5.91 Å². The second kappa shape index (κ2) is 5.57. The lowest BCUT2D eigenvalue weighted by molar-refractivity contribution is -0.151. The molecule has 0 saturated heterocycles. The van der Waals surface area contributed by atoms with Crippen molar-refractivity contribution in [1.29, 1.82) is 0 Å². The zero-order valence-corrected chi connectivity index (χ0v) is 13.5. The fraction of sp³-hybridized carbons (Fsp3) is 0.176. The van der Waals surface area contributed by atoms with Crippen LogP contribution in [-0.2, 0) is 19.7 Å². The third kappa shape index (κ3) is 1.96. The number of halogens is 1. The van der Waals surface area contributed by atoms with Crippen molar-refractivity contribution in [2.24, 2.45) is 0 Å². The first kappa shape index (κ1) is 14.8. The van der Waals surface area contributed by atoms with Crippen LogP contribution in [0.5, 0.6) is 0 Å². The van der Waals surface area contributed by atoms with E-state index in [-0.39, 0.29) is 12.5 Å². The molecule has 0 saturated carbocycles. The van der Waals surface area contributed by atoms with Gasteiger partial charge < -0.3 is 10.1 Å². The average Bonchev–Trinajstić information content (AvgIpc) is 2.83. The summed E-state index contributed by atoms with van der Waals surface area (Å²) in [5, 5.41) is 2.81. The molecule has 1 atom stereocenters. The van der Waals surface area contributed by atoms with E-state index in [1.807, 2.05) is 12.1 Å². The quantitative estimate of drug-likeness (QED) is 0.675. The number of rotatable bonds is 3. The van der Waals surface area contributed by atoms with Gasteiger partial charge in [-0.2, -0.15) is 0 Å². The minimum atomic E-state index is -1.46. The van der Waals surface area contributed by atoms with E-state index in [2.05, 4.69) is 21.2 Å². The van der Waals surface area contributed by atoms with Crippen molar-refractivity contribution >= 4 is 33.5 Å². The maximum absolute atomic E-state index is 12.8. The van der Waals surface area contributed by atoms with E-state index in [9.17, 15) is 9.59 Å². The normalized spacial score (nSPS) is 19.5. The molecule has 5 heteroatoms. The van der Waals surface area contributed by atoms with E-state index in [4.69, 9.17) is 4.74 Å². The van der Waals surface area contributed by atoms with Gasteiger partial charge in [0.15, 0.2) is 5.41 Å². The highest BCUT2D eigenvalue weighted by Gasteiger charge is 2.56. The number of benzene rings is 2. The van der Waals surface area contributed by atoms with Gasteiger partial charge in [0, 0.05) is 10.0 Å². The van der Waals surface area contributed by atoms with Gasteiger partial charge in [-0.3, -0.25) is 9.59 Å². The Hall–Kier alpha value is -2.14. The Morgan fingerprint density at radius 2 is 1.91 bits per heavy atom. The monoisotopic (exact) mass is 359 g/mol. The van der Waals surface area contributed by atoms with Crippen molar-refractivity contribution in [2.75, 3.05) is 11.9 Å². The van der Waals surface area contributed by atoms with E-state index >= 15 is 0 Å². The van der Waals surface area contributed by atoms with Crippen LogP contribution in [-0.4, -0.2) is 18.5 Å². The number of anilines is 1. The molecule has 112 valence electrons. The van der Waals surface area contributed by atoms with E-state index in [0.29, 0.717) is 16.8 Å². The van der Waals surface area contributed by atoms with E-state index in [1.165, 1.54) is 0 Å². The number of nitrogens with one attached hydrogen (secondary N) is 1. The number of esters is 1. The number of amides is 1. The van der Waals surface area contributed by atoms with E-state index in [1.54, 1.807) is 43.3 Å². The molecule has 0 spiro atoms. The van der Waals surface area contributed by atoms with Crippen LogP contribution in [0.3, 0.4) is 0 Å². The molecule has 1 N–H and O–H groups in total. The predicted octanol–water partition coefficient (Wildman–Crippen LogP) is 3.25. The molecule has 4 nitrogen and oxygen atoms in total. The minimum absolute atomic E-state index is 0.212. The molecular formula is C17H14BrNO3. The first-order chi connectivity index (χ1) is 10.6. The molecule has 2 aromatic rings. The Balaban J connectivity index is 2.31. The molecule has 0 radical (unpaired) electrons. The Bertz CT molecular complexity index is 745. The van der Waals surface area contributed by atoms with Gasteiger partial charge in [-0.1, -0.05) is 42.5 Å². The molecule has 2 aromatic carbocycles. The van der Waals surface area contributed by atoms with Gasteiger partial charge in [0.05, 0.1) is 12.3 Å². The number of ether oxygens (including phenoxy) is 1. The minimum Gasteiger partial charge on any atom is -0.465 e. The molecule has 22 heavy (non-hydrogen) atoms. The molecule has 1 aliphatic rings. The van der Waals surface area contributed by atoms with Gasteiger partial charge in [0.1, 0.15) is 0 Å². The molecule has 0 aliphatic carbocycles. The average molecular weight is 360 g/mol. The van der Waals surface area contributed by atoms with E-state index < -0.39 is 11.4 Å². The largest absolute Gasteiger partial charge is 0.465 e. The number of carbonyl (C=O) groups excluding carboxylic acids is 2. The summed E-state index contributed by atoms with van der Waals surface area (Å²) in [5.41, 5.74) is 0.361. The fourth-order valence-corrected chi connectivity index (χ4v) is 3.29. The molecule has 0 fully saturated rings. The van der Waals surface area contributed by atoms with Gasteiger partial charge >= 0.3 is 5.97 Å². The van der Waals surface area contributed by atoms with Crippen molar-refractivity contribution in [1.82, 2.24) is 0 Å². The second-order valence-electron chi connectivity index (χ2n) is 4.95. The Morgan fingerprint density at radius 3 is 2.59 bits per heavy atom. The Labute approximate surface area is 136 Å². The van der Waals surface area contributed by atoms with Crippen LogP contribution in [0.2, 0.25) is 0 Å². The number of hydrogen-bond acceptors (Lipinski definition) is 3. The fourth-order valence-electron chi connectivity index (χ4n) is 2.83.